The van der Waals surface area contributed by atoms with Crippen molar-refractivity contribution in [2.45, 2.75) is 57.7 Å². The summed E-state index contributed by atoms with van der Waals surface area (Å²) in [5.74, 6) is 0.601. The molecule has 10 nitrogen and oxygen atoms in total. The molecule has 0 aliphatic heterocycles. The zero-order chi connectivity index (χ0) is 26.9. The van der Waals surface area contributed by atoms with Crippen LogP contribution in [0.15, 0.2) is 42.5 Å². The van der Waals surface area contributed by atoms with E-state index in [0.29, 0.717) is 48.8 Å². The maximum Gasteiger partial charge on any atom is 0.247 e. The fraction of sp³-hybridized carbons (Fsp3) is 0.500. The SMILES string of the molecule is CCOCCCN(C(=O)Cn1nnc2ccccc21)[C@H](C(=O)NC1CCCC1)c1ccc(OC)cc1OC. The van der Waals surface area contributed by atoms with Crippen molar-refractivity contribution in [2.24, 2.45) is 0 Å². The second-order valence-electron chi connectivity index (χ2n) is 9.37. The third-order valence-electron chi connectivity index (χ3n) is 6.91. The number of nitrogens with zero attached hydrogens (tertiary/aromatic N) is 4. The zero-order valence-electron chi connectivity index (χ0n) is 22.4. The fourth-order valence-corrected chi connectivity index (χ4v) is 4.98. The summed E-state index contributed by atoms with van der Waals surface area (Å²) in [6.07, 6.45) is 4.60. The van der Waals surface area contributed by atoms with E-state index < -0.39 is 6.04 Å². The summed E-state index contributed by atoms with van der Waals surface area (Å²) in [5.41, 5.74) is 2.05. The Morgan fingerprint density at radius 1 is 1.13 bits per heavy atom. The highest BCUT2D eigenvalue weighted by Gasteiger charge is 2.35. The maximum absolute atomic E-state index is 13.9. The molecule has 1 saturated carbocycles. The van der Waals surface area contributed by atoms with E-state index in [2.05, 4.69) is 15.6 Å². The molecule has 0 spiro atoms. The molecule has 1 aromatic heterocycles. The summed E-state index contributed by atoms with van der Waals surface area (Å²) in [5, 5.41) is 11.6. The van der Waals surface area contributed by atoms with E-state index in [1.54, 1.807) is 42.0 Å². The lowest BCUT2D eigenvalue weighted by molar-refractivity contribution is -0.142. The molecule has 4 rings (SSSR count). The largest absolute Gasteiger partial charge is 0.497 e. The van der Waals surface area contributed by atoms with Crippen LogP contribution in [0, 0.1) is 0 Å². The number of carbonyl (C=O) groups excluding carboxylic acids is 2. The molecule has 204 valence electrons. The van der Waals surface area contributed by atoms with Crippen molar-refractivity contribution in [1.82, 2.24) is 25.2 Å². The van der Waals surface area contributed by atoms with Gasteiger partial charge in [0.05, 0.1) is 19.7 Å². The van der Waals surface area contributed by atoms with E-state index in [1.165, 1.54) is 0 Å². The number of fused-ring (bicyclic) bond motifs is 1. The fourth-order valence-electron chi connectivity index (χ4n) is 4.98. The molecule has 0 radical (unpaired) electrons. The van der Waals surface area contributed by atoms with Crippen LogP contribution in [0.25, 0.3) is 11.0 Å². The number of benzene rings is 2. The number of carbonyl (C=O) groups is 2. The van der Waals surface area contributed by atoms with Crippen molar-refractivity contribution in [1.29, 1.82) is 0 Å². The summed E-state index contributed by atoms with van der Waals surface area (Å²) < 4.78 is 18.2. The number of rotatable bonds is 13. The molecule has 1 atom stereocenters. The van der Waals surface area contributed by atoms with Crippen LogP contribution in [0.1, 0.15) is 50.6 Å². The Labute approximate surface area is 223 Å². The van der Waals surface area contributed by atoms with E-state index in [4.69, 9.17) is 14.2 Å². The van der Waals surface area contributed by atoms with Gasteiger partial charge in [0.25, 0.3) is 0 Å². The normalized spacial score (nSPS) is 14.4. The topological polar surface area (TPSA) is 108 Å². The molecule has 1 N–H and O–H groups in total. The minimum absolute atomic E-state index is 0.0547. The Kier molecular flexibility index (Phi) is 9.53. The van der Waals surface area contributed by atoms with Crippen LogP contribution in [0.2, 0.25) is 0 Å². The van der Waals surface area contributed by atoms with Gasteiger partial charge in [-0.1, -0.05) is 30.2 Å². The Morgan fingerprint density at radius 3 is 2.66 bits per heavy atom. The number of aromatic nitrogens is 3. The first-order valence-electron chi connectivity index (χ1n) is 13.2. The van der Waals surface area contributed by atoms with Crippen LogP contribution >= 0.6 is 0 Å². The highest BCUT2D eigenvalue weighted by molar-refractivity contribution is 5.90. The Balaban J connectivity index is 1.71. The molecule has 38 heavy (non-hydrogen) atoms. The van der Waals surface area contributed by atoms with Gasteiger partial charge in [-0.2, -0.15) is 0 Å². The number of methoxy groups -OCH3 is 2. The number of hydrogen-bond acceptors (Lipinski definition) is 7. The lowest BCUT2D eigenvalue weighted by Gasteiger charge is -2.33. The number of ether oxygens (including phenoxy) is 3. The van der Waals surface area contributed by atoms with Crippen molar-refractivity contribution in [2.75, 3.05) is 34.0 Å². The molecular weight excluding hydrogens is 486 g/mol. The van der Waals surface area contributed by atoms with Crippen molar-refractivity contribution in [3.63, 3.8) is 0 Å². The lowest BCUT2D eigenvalue weighted by atomic mass is 10.0. The summed E-state index contributed by atoms with van der Waals surface area (Å²) in [6, 6.07) is 12.0. The third kappa shape index (κ3) is 6.42. The van der Waals surface area contributed by atoms with E-state index in [-0.39, 0.29) is 24.4 Å². The molecule has 2 amide bonds. The number of nitrogens with one attached hydrogen (secondary N) is 1. The number of amides is 2. The molecule has 10 heteroatoms. The summed E-state index contributed by atoms with van der Waals surface area (Å²) in [7, 11) is 3.12. The minimum atomic E-state index is -0.902. The highest BCUT2D eigenvalue weighted by Crippen LogP contribution is 2.34. The summed E-state index contributed by atoms with van der Waals surface area (Å²) >= 11 is 0. The standard InChI is InChI=1S/C28H37N5O5/c1-4-38-17-9-16-32(26(34)19-33-24-13-8-7-12-23(24)30-31-33)27(28(35)29-20-10-5-6-11-20)22-15-14-21(36-2)18-25(22)37-3/h7-8,12-15,18,20,27H,4-6,9-11,16-17,19H2,1-3H3,(H,29,35)/t27-/m0/s1. The van der Waals surface area contributed by atoms with Gasteiger partial charge >= 0.3 is 0 Å². The number of para-hydroxylation sites is 1. The Morgan fingerprint density at radius 2 is 1.92 bits per heavy atom. The lowest BCUT2D eigenvalue weighted by Crippen LogP contribution is -2.47. The highest BCUT2D eigenvalue weighted by atomic mass is 16.5. The molecule has 0 saturated heterocycles. The van der Waals surface area contributed by atoms with Gasteiger partial charge in [0.15, 0.2) is 0 Å². The van der Waals surface area contributed by atoms with Crippen LogP contribution < -0.4 is 14.8 Å². The zero-order valence-corrected chi connectivity index (χ0v) is 22.4. The summed E-state index contributed by atoms with van der Waals surface area (Å²) in [6.45, 7) is 3.25. The Hall–Kier alpha value is -3.66. The van der Waals surface area contributed by atoms with Crippen molar-refractivity contribution in [3.05, 3.63) is 48.0 Å². The minimum Gasteiger partial charge on any atom is -0.497 e. The Bertz CT molecular complexity index is 1220. The van der Waals surface area contributed by atoms with E-state index in [1.807, 2.05) is 31.2 Å². The van der Waals surface area contributed by atoms with E-state index in [9.17, 15) is 9.59 Å². The van der Waals surface area contributed by atoms with Crippen molar-refractivity contribution >= 4 is 22.8 Å². The average molecular weight is 524 g/mol. The van der Waals surface area contributed by atoms with Crippen LogP contribution in [0.4, 0.5) is 0 Å². The smallest absolute Gasteiger partial charge is 0.247 e. The first-order valence-corrected chi connectivity index (χ1v) is 13.2. The molecule has 1 fully saturated rings. The van der Waals surface area contributed by atoms with Gasteiger partial charge in [-0.15, -0.1) is 5.10 Å². The van der Waals surface area contributed by atoms with Gasteiger partial charge in [-0.05, 0) is 50.5 Å². The van der Waals surface area contributed by atoms with Crippen molar-refractivity contribution in [3.8, 4) is 11.5 Å². The molecule has 1 aliphatic rings. The van der Waals surface area contributed by atoms with Crippen LogP contribution in [0.5, 0.6) is 11.5 Å². The molecule has 1 aliphatic carbocycles. The first kappa shape index (κ1) is 27.4. The van der Waals surface area contributed by atoms with Crippen LogP contribution in [-0.2, 0) is 20.9 Å². The second kappa shape index (κ2) is 13.2. The first-order chi connectivity index (χ1) is 18.5. The van der Waals surface area contributed by atoms with Crippen LogP contribution in [0.3, 0.4) is 0 Å². The van der Waals surface area contributed by atoms with Crippen molar-refractivity contribution < 1.29 is 23.8 Å². The van der Waals surface area contributed by atoms with E-state index >= 15 is 0 Å². The molecule has 3 aromatic rings. The van der Waals surface area contributed by atoms with Gasteiger partial charge in [0.1, 0.15) is 29.6 Å². The van der Waals surface area contributed by atoms with Crippen LogP contribution in [-0.4, -0.2) is 71.7 Å². The molecule has 0 unspecified atom stereocenters. The monoisotopic (exact) mass is 523 g/mol. The quantitative estimate of drug-likeness (QED) is 0.342. The molecule has 1 heterocycles. The van der Waals surface area contributed by atoms with Gasteiger partial charge in [0.2, 0.25) is 11.8 Å². The number of hydrogen-bond donors (Lipinski definition) is 1. The second-order valence-corrected chi connectivity index (χ2v) is 9.37. The average Bonchev–Trinajstić information content (AvgIpc) is 3.60. The molecule has 2 aromatic carbocycles. The van der Waals surface area contributed by atoms with Gasteiger partial charge in [-0.3, -0.25) is 9.59 Å². The van der Waals surface area contributed by atoms with Gasteiger partial charge in [-0.25, -0.2) is 4.68 Å². The molecule has 0 bridgehead atoms. The summed E-state index contributed by atoms with van der Waals surface area (Å²) in [4.78, 5) is 29.5. The predicted octanol–water partition coefficient (Wildman–Crippen LogP) is 3.50. The van der Waals surface area contributed by atoms with E-state index in [0.717, 1.165) is 31.2 Å². The predicted molar refractivity (Wildman–Crippen MR) is 143 cm³/mol. The molecular formula is C28H37N5O5. The van der Waals surface area contributed by atoms with Gasteiger partial charge < -0.3 is 24.4 Å². The maximum atomic E-state index is 13.9. The third-order valence-corrected chi connectivity index (χ3v) is 6.91. The van der Waals surface area contributed by atoms with Gasteiger partial charge in [0, 0.05) is 37.4 Å².